The number of carbonyl (C=O) groups is 1. The Hall–Kier alpha value is -2.69. The normalized spacial score (nSPS) is 16.8. The molecule has 1 aliphatic rings. The number of anilines is 3. The molecule has 0 amide bonds. The van der Waals surface area contributed by atoms with Crippen LogP contribution in [0.25, 0.3) is 0 Å². The Morgan fingerprint density at radius 1 is 0.964 bits per heavy atom. The van der Waals surface area contributed by atoms with Crippen molar-refractivity contribution in [3.05, 3.63) is 47.0 Å². The number of methoxy groups -OCH3 is 2. The van der Waals surface area contributed by atoms with Crippen LogP contribution in [0.1, 0.15) is 62.0 Å². The summed E-state index contributed by atoms with van der Waals surface area (Å²) in [5, 5.41) is 3.39. The van der Waals surface area contributed by atoms with Gasteiger partial charge in [0.15, 0.2) is 0 Å². The molecular formula is C23H30N2O3. The minimum absolute atomic E-state index is 0.0911. The summed E-state index contributed by atoms with van der Waals surface area (Å²) in [7, 11) is 3.03. The number of fused-ring (bicyclic) bond motifs is 1. The SMILES string of the molecule is COC(=O)c1ccc(Nc2cc3c(cc2OC)C(C)(C)CCC3(C)C)c(N)c1. The van der Waals surface area contributed by atoms with Crippen LogP contribution < -0.4 is 15.8 Å². The van der Waals surface area contributed by atoms with Crippen molar-refractivity contribution in [2.75, 3.05) is 25.3 Å². The predicted octanol–water partition coefficient (Wildman–Crippen LogP) is 5.16. The first-order chi connectivity index (χ1) is 13.1. The minimum atomic E-state index is -0.409. The van der Waals surface area contributed by atoms with Crippen molar-refractivity contribution in [3.63, 3.8) is 0 Å². The molecule has 0 saturated carbocycles. The van der Waals surface area contributed by atoms with Gasteiger partial charge in [-0.15, -0.1) is 0 Å². The van der Waals surface area contributed by atoms with Crippen LogP contribution in [0.3, 0.4) is 0 Å². The summed E-state index contributed by atoms with van der Waals surface area (Å²) >= 11 is 0. The van der Waals surface area contributed by atoms with Crippen LogP contribution in [0.4, 0.5) is 17.1 Å². The quantitative estimate of drug-likeness (QED) is 0.565. The topological polar surface area (TPSA) is 73.6 Å². The lowest BCUT2D eigenvalue weighted by atomic mass is 9.63. The number of hydrogen-bond acceptors (Lipinski definition) is 5. The van der Waals surface area contributed by atoms with Gasteiger partial charge in [0.25, 0.3) is 0 Å². The molecule has 0 saturated heterocycles. The van der Waals surface area contributed by atoms with Crippen LogP contribution in [0, 0.1) is 0 Å². The largest absolute Gasteiger partial charge is 0.495 e. The van der Waals surface area contributed by atoms with Crippen molar-refractivity contribution in [3.8, 4) is 5.75 Å². The van der Waals surface area contributed by atoms with Gasteiger partial charge >= 0.3 is 5.97 Å². The molecule has 0 atom stereocenters. The highest BCUT2D eigenvalue weighted by Gasteiger charge is 2.38. The molecule has 5 heteroatoms. The maximum atomic E-state index is 11.7. The first-order valence-electron chi connectivity index (χ1n) is 9.57. The number of nitrogens with two attached hydrogens (primary N) is 1. The van der Waals surface area contributed by atoms with E-state index in [9.17, 15) is 4.79 Å². The van der Waals surface area contributed by atoms with Gasteiger partial charge in [-0.1, -0.05) is 27.7 Å². The Bertz CT molecular complexity index is 916. The molecule has 0 spiro atoms. The summed E-state index contributed by atoms with van der Waals surface area (Å²) in [6.45, 7) is 9.15. The third kappa shape index (κ3) is 3.53. The molecule has 2 aromatic carbocycles. The highest BCUT2D eigenvalue weighted by Crippen LogP contribution is 2.49. The van der Waals surface area contributed by atoms with E-state index in [1.807, 2.05) is 0 Å². The molecule has 28 heavy (non-hydrogen) atoms. The number of hydrogen-bond donors (Lipinski definition) is 2. The Balaban J connectivity index is 2.05. The van der Waals surface area contributed by atoms with E-state index in [-0.39, 0.29) is 10.8 Å². The molecular weight excluding hydrogens is 352 g/mol. The van der Waals surface area contributed by atoms with E-state index in [4.69, 9.17) is 15.2 Å². The van der Waals surface area contributed by atoms with Gasteiger partial charge in [-0.05, 0) is 65.1 Å². The third-order valence-electron chi connectivity index (χ3n) is 5.91. The van der Waals surface area contributed by atoms with Gasteiger partial charge in [0.2, 0.25) is 0 Å². The molecule has 0 unspecified atom stereocenters. The Morgan fingerprint density at radius 2 is 1.57 bits per heavy atom. The summed E-state index contributed by atoms with van der Waals surface area (Å²) in [5.74, 6) is 0.370. The van der Waals surface area contributed by atoms with Gasteiger partial charge in [-0.25, -0.2) is 4.79 Å². The molecule has 0 aliphatic heterocycles. The van der Waals surface area contributed by atoms with E-state index >= 15 is 0 Å². The Labute approximate surface area is 167 Å². The fourth-order valence-corrected chi connectivity index (χ4v) is 3.93. The second-order valence-corrected chi connectivity index (χ2v) is 8.78. The Morgan fingerprint density at radius 3 is 2.11 bits per heavy atom. The maximum Gasteiger partial charge on any atom is 0.337 e. The van der Waals surface area contributed by atoms with Gasteiger partial charge < -0.3 is 20.5 Å². The molecule has 0 radical (unpaired) electrons. The second-order valence-electron chi connectivity index (χ2n) is 8.78. The highest BCUT2D eigenvalue weighted by molar-refractivity contribution is 5.92. The zero-order valence-corrected chi connectivity index (χ0v) is 17.6. The molecule has 5 nitrogen and oxygen atoms in total. The monoisotopic (exact) mass is 382 g/mol. The molecule has 150 valence electrons. The van der Waals surface area contributed by atoms with E-state index in [1.165, 1.54) is 18.2 Å². The molecule has 3 N–H and O–H groups in total. The standard InChI is InChI=1S/C23H30N2O3/c1-22(2)9-10-23(3,4)16-13-20(27-5)19(12-15(16)22)25-18-8-7-14(11-17(18)24)21(26)28-6/h7-8,11-13,25H,9-10,24H2,1-6H3. The average molecular weight is 383 g/mol. The van der Waals surface area contributed by atoms with Crippen molar-refractivity contribution < 1.29 is 14.3 Å². The number of nitrogen functional groups attached to an aromatic ring is 1. The fraction of sp³-hybridized carbons (Fsp3) is 0.435. The summed E-state index contributed by atoms with van der Waals surface area (Å²) in [6.07, 6.45) is 2.28. The maximum absolute atomic E-state index is 11.7. The first kappa shape index (κ1) is 20.1. The Kier molecular flexibility index (Phi) is 5.04. The summed E-state index contributed by atoms with van der Waals surface area (Å²) in [5.41, 5.74) is 11.5. The minimum Gasteiger partial charge on any atom is -0.495 e. The number of carbonyl (C=O) groups excluding carboxylic acids is 1. The van der Waals surface area contributed by atoms with Crippen molar-refractivity contribution in [1.29, 1.82) is 0 Å². The molecule has 0 aromatic heterocycles. The van der Waals surface area contributed by atoms with E-state index in [0.29, 0.717) is 11.3 Å². The predicted molar refractivity (Wildman–Crippen MR) is 114 cm³/mol. The molecule has 1 aliphatic carbocycles. The highest BCUT2D eigenvalue weighted by atomic mass is 16.5. The lowest BCUT2D eigenvalue weighted by Crippen LogP contribution is -2.33. The van der Waals surface area contributed by atoms with Crippen molar-refractivity contribution in [1.82, 2.24) is 0 Å². The smallest absolute Gasteiger partial charge is 0.337 e. The summed E-state index contributed by atoms with van der Waals surface area (Å²) in [4.78, 5) is 11.7. The average Bonchev–Trinajstić information content (AvgIpc) is 2.66. The van der Waals surface area contributed by atoms with Gasteiger partial charge in [0.1, 0.15) is 5.75 Å². The lowest BCUT2D eigenvalue weighted by molar-refractivity contribution is 0.0601. The molecule has 0 bridgehead atoms. The van der Waals surface area contributed by atoms with Crippen LogP contribution in [-0.4, -0.2) is 20.2 Å². The van der Waals surface area contributed by atoms with Crippen LogP contribution in [0.2, 0.25) is 0 Å². The van der Waals surface area contributed by atoms with Gasteiger partial charge in [0.05, 0.1) is 36.8 Å². The number of esters is 1. The molecule has 0 heterocycles. The number of nitrogens with one attached hydrogen (secondary N) is 1. The number of rotatable bonds is 4. The van der Waals surface area contributed by atoms with Crippen LogP contribution in [-0.2, 0) is 15.6 Å². The first-order valence-corrected chi connectivity index (χ1v) is 9.57. The van der Waals surface area contributed by atoms with E-state index in [1.54, 1.807) is 25.3 Å². The molecule has 0 fully saturated rings. The van der Waals surface area contributed by atoms with Crippen molar-refractivity contribution >= 4 is 23.0 Å². The molecule has 3 rings (SSSR count). The van der Waals surface area contributed by atoms with Gasteiger partial charge in [0, 0.05) is 0 Å². The zero-order valence-electron chi connectivity index (χ0n) is 17.6. The van der Waals surface area contributed by atoms with Gasteiger partial charge in [-0.2, -0.15) is 0 Å². The van der Waals surface area contributed by atoms with E-state index in [0.717, 1.165) is 30.0 Å². The summed E-state index contributed by atoms with van der Waals surface area (Å²) in [6, 6.07) is 9.43. The fourth-order valence-electron chi connectivity index (χ4n) is 3.93. The van der Waals surface area contributed by atoms with Crippen LogP contribution >= 0.6 is 0 Å². The van der Waals surface area contributed by atoms with E-state index < -0.39 is 5.97 Å². The van der Waals surface area contributed by atoms with Crippen molar-refractivity contribution in [2.45, 2.75) is 51.4 Å². The lowest BCUT2D eigenvalue weighted by Gasteiger charge is -2.42. The molecule has 2 aromatic rings. The van der Waals surface area contributed by atoms with E-state index in [2.05, 4.69) is 45.1 Å². The van der Waals surface area contributed by atoms with Gasteiger partial charge in [-0.3, -0.25) is 0 Å². The number of benzene rings is 2. The third-order valence-corrected chi connectivity index (χ3v) is 5.91. The van der Waals surface area contributed by atoms with Crippen LogP contribution in [0.5, 0.6) is 5.75 Å². The number of ether oxygens (including phenoxy) is 2. The van der Waals surface area contributed by atoms with Crippen LogP contribution in [0.15, 0.2) is 30.3 Å². The second kappa shape index (κ2) is 7.04. The van der Waals surface area contributed by atoms with Crippen molar-refractivity contribution in [2.24, 2.45) is 0 Å². The summed E-state index contributed by atoms with van der Waals surface area (Å²) < 4.78 is 10.4. The zero-order chi connectivity index (χ0) is 20.7.